The smallest absolute Gasteiger partial charge is 0.231 e. The van der Waals surface area contributed by atoms with Gasteiger partial charge in [-0.2, -0.15) is 15.0 Å². The van der Waals surface area contributed by atoms with Crippen molar-refractivity contribution in [1.82, 2.24) is 15.0 Å². The number of anilines is 3. The van der Waals surface area contributed by atoms with Crippen molar-refractivity contribution in [3.05, 3.63) is 0 Å². The molecule has 0 spiro atoms. The monoisotopic (exact) mass is 409 g/mol. The van der Waals surface area contributed by atoms with Crippen molar-refractivity contribution in [2.45, 2.75) is 58.4 Å². The van der Waals surface area contributed by atoms with E-state index in [4.69, 9.17) is 20.2 Å². The molecule has 0 saturated heterocycles. The molecular weight excluding hydrogens is 370 g/mol. The number of ether oxygens (including phenoxy) is 2. The van der Waals surface area contributed by atoms with Crippen LogP contribution >= 0.6 is 0 Å². The van der Waals surface area contributed by atoms with Crippen LogP contribution < -0.4 is 21.3 Å². The Bertz CT molecular complexity index is 550. The molecule has 0 aliphatic heterocycles. The second kappa shape index (κ2) is 14.3. The summed E-state index contributed by atoms with van der Waals surface area (Å²) in [4.78, 5) is 16.2. The number of nitrogens with one attached hydrogen (secondary N) is 2. The summed E-state index contributed by atoms with van der Waals surface area (Å²) in [5.41, 5.74) is 5.39. The first-order valence-electron chi connectivity index (χ1n) is 11.1. The highest BCUT2D eigenvalue weighted by Crippen LogP contribution is 2.24. The number of hydrogen-bond acceptors (Lipinski definition) is 9. The van der Waals surface area contributed by atoms with Crippen LogP contribution in [0, 0.1) is 0 Å². The van der Waals surface area contributed by atoms with E-state index in [9.17, 15) is 0 Å². The van der Waals surface area contributed by atoms with Gasteiger partial charge in [-0.3, -0.25) is 0 Å². The highest BCUT2D eigenvalue weighted by Gasteiger charge is 2.23. The quantitative estimate of drug-likeness (QED) is 0.314. The van der Waals surface area contributed by atoms with E-state index < -0.39 is 0 Å². The average Bonchev–Trinajstić information content (AvgIpc) is 3.54. The van der Waals surface area contributed by atoms with Gasteiger partial charge in [0.15, 0.2) is 0 Å². The number of aromatic nitrogens is 3. The molecule has 1 fully saturated rings. The summed E-state index contributed by atoms with van der Waals surface area (Å²) >= 11 is 0. The molecule has 9 nitrogen and oxygen atoms in total. The van der Waals surface area contributed by atoms with Gasteiger partial charge in [0.1, 0.15) is 0 Å². The summed E-state index contributed by atoms with van der Waals surface area (Å²) in [6, 6.07) is 0.495. The van der Waals surface area contributed by atoms with E-state index in [1.54, 1.807) is 0 Å². The zero-order valence-corrected chi connectivity index (χ0v) is 18.2. The minimum absolute atomic E-state index is 0.495. The molecule has 1 saturated carbocycles. The highest BCUT2D eigenvalue weighted by atomic mass is 16.5. The summed E-state index contributed by atoms with van der Waals surface area (Å²) in [6.45, 7) is 9.77. The highest BCUT2D eigenvalue weighted by molar-refractivity contribution is 5.44. The Morgan fingerprint density at radius 1 is 0.931 bits per heavy atom. The van der Waals surface area contributed by atoms with Crippen LogP contribution in [0.25, 0.3) is 0 Å². The molecule has 2 rings (SSSR count). The van der Waals surface area contributed by atoms with Gasteiger partial charge in [-0.25, -0.2) is 0 Å². The SMILES string of the molecule is CCCCN(CCCC)c1nc(NCCOCCOCCN)nc(NC2CC2)n1. The number of hydrogen-bond donors (Lipinski definition) is 3. The molecule has 0 radical (unpaired) electrons. The maximum Gasteiger partial charge on any atom is 0.231 e. The molecule has 4 N–H and O–H groups in total. The van der Waals surface area contributed by atoms with Crippen LogP contribution in [0.3, 0.4) is 0 Å². The Hall–Kier alpha value is -1.71. The maximum absolute atomic E-state index is 5.57. The Morgan fingerprint density at radius 2 is 1.59 bits per heavy atom. The molecule has 0 bridgehead atoms. The molecule has 1 aromatic rings. The molecule has 1 heterocycles. The Morgan fingerprint density at radius 3 is 2.21 bits per heavy atom. The average molecular weight is 410 g/mol. The van der Waals surface area contributed by atoms with Crippen molar-refractivity contribution in [2.75, 3.05) is 68.1 Å². The van der Waals surface area contributed by atoms with Gasteiger partial charge in [-0.1, -0.05) is 26.7 Å². The van der Waals surface area contributed by atoms with E-state index in [0.717, 1.165) is 44.7 Å². The molecule has 0 atom stereocenters. The fourth-order valence-electron chi connectivity index (χ4n) is 2.71. The van der Waals surface area contributed by atoms with E-state index in [-0.39, 0.29) is 0 Å². The summed E-state index contributed by atoms with van der Waals surface area (Å²) in [5.74, 6) is 2.01. The van der Waals surface area contributed by atoms with Gasteiger partial charge in [-0.05, 0) is 25.7 Å². The van der Waals surface area contributed by atoms with Crippen molar-refractivity contribution in [2.24, 2.45) is 5.73 Å². The van der Waals surface area contributed by atoms with Crippen LogP contribution in [0.1, 0.15) is 52.4 Å². The summed E-state index contributed by atoms with van der Waals surface area (Å²) < 4.78 is 10.9. The molecule has 1 aromatic heterocycles. The number of rotatable bonds is 18. The molecule has 166 valence electrons. The first-order chi connectivity index (χ1) is 14.3. The van der Waals surface area contributed by atoms with E-state index in [2.05, 4.69) is 39.3 Å². The van der Waals surface area contributed by atoms with Crippen LogP contribution in [0.15, 0.2) is 0 Å². The number of nitrogens with zero attached hydrogens (tertiary/aromatic N) is 4. The number of nitrogens with two attached hydrogens (primary N) is 1. The predicted molar refractivity (Wildman–Crippen MR) is 118 cm³/mol. The van der Waals surface area contributed by atoms with E-state index in [1.165, 1.54) is 12.8 Å². The maximum atomic E-state index is 5.57. The fourth-order valence-corrected chi connectivity index (χ4v) is 2.71. The standard InChI is InChI=1S/C20H39N7O2/c1-3-5-11-27(12-6-4-2)20-25-18(24-19(26-20)23-17-7-8-17)22-10-14-29-16-15-28-13-9-21/h17H,3-16,21H2,1-2H3,(H2,22,23,24,25,26). The molecule has 1 aliphatic carbocycles. The fraction of sp³-hybridized carbons (Fsp3) is 0.850. The third-order valence-corrected chi connectivity index (χ3v) is 4.54. The van der Waals surface area contributed by atoms with Crippen LogP contribution in [-0.4, -0.2) is 73.6 Å². The third kappa shape index (κ3) is 10.0. The van der Waals surface area contributed by atoms with Gasteiger partial charge in [0.05, 0.1) is 26.4 Å². The summed E-state index contributed by atoms with van der Waals surface area (Å²) in [5, 5.41) is 6.68. The van der Waals surface area contributed by atoms with Crippen molar-refractivity contribution in [1.29, 1.82) is 0 Å². The molecule has 0 amide bonds. The van der Waals surface area contributed by atoms with E-state index >= 15 is 0 Å². The van der Waals surface area contributed by atoms with Crippen molar-refractivity contribution in [3.8, 4) is 0 Å². The Kier molecular flexibility index (Phi) is 11.6. The molecule has 0 unspecified atom stereocenters. The number of unbranched alkanes of at least 4 members (excludes halogenated alkanes) is 2. The van der Waals surface area contributed by atoms with Gasteiger partial charge >= 0.3 is 0 Å². The van der Waals surface area contributed by atoms with Gasteiger partial charge in [-0.15, -0.1) is 0 Å². The molecule has 1 aliphatic rings. The lowest BCUT2D eigenvalue weighted by Crippen LogP contribution is -2.28. The Balaban J connectivity index is 1.91. The predicted octanol–water partition coefficient (Wildman–Crippen LogP) is 2.26. The topological polar surface area (TPSA) is 110 Å². The van der Waals surface area contributed by atoms with Gasteiger partial charge < -0.3 is 30.7 Å². The van der Waals surface area contributed by atoms with Crippen LogP contribution in [0.2, 0.25) is 0 Å². The third-order valence-electron chi connectivity index (χ3n) is 4.54. The summed E-state index contributed by atoms with van der Waals surface area (Å²) in [6.07, 6.45) is 6.92. The second-order valence-corrected chi connectivity index (χ2v) is 7.34. The van der Waals surface area contributed by atoms with Crippen LogP contribution in [-0.2, 0) is 9.47 Å². The van der Waals surface area contributed by atoms with Gasteiger partial charge in [0, 0.05) is 32.2 Å². The second-order valence-electron chi connectivity index (χ2n) is 7.34. The molecular formula is C20H39N7O2. The zero-order chi connectivity index (χ0) is 20.7. The zero-order valence-electron chi connectivity index (χ0n) is 18.2. The van der Waals surface area contributed by atoms with Gasteiger partial charge in [0.25, 0.3) is 0 Å². The largest absolute Gasteiger partial charge is 0.378 e. The van der Waals surface area contributed by atoms with Gasteiger partial charge in [0.2, 0.25) is 17.8 Å². The molecule has 0 aromatic carbocycles. The normalized spacial score (nSPS) is 13.5. The minimum Gasteiger partial charge on any atom is -0.378 e. The van der Waals surface area contributed by atoms with E-state index in [1.807, 2.05) is 0 Å². The van der Waals surface area contributed by atoms with Crippen molar-refractivity contribution in [3.63, 3.8) is 0 Å². The van der Waals surface area contributed by atoms with E-state index in [0.29, 0.717) is 57.5 Å². The van der Waals surface area contributed by atoms with Crippen molar-refractivity contribution >= 4 is 17.8 Å². The molecule has 9 heteroatoms. The van der Waals surface area contributed by atoms with Crippen LogP contribution in [0.4, 0.5) is 17.8 Å². The molecule has 29 heavy (non-hydrogen) atoms. The lowest BCUT2D eigenvalue weighted by Gasteiger charge is -2.23. The van der Waals surface area contributed by atoms with Crippen molar-refractivity contribution < 1.29 is 9.47 Å². The first kappa shape index (κ1) is 23.6. The van der Waals surface area contributed by atoms with Crippen LogP contribution in [0.5, 0.6) is 0 Å². The first-order valence-corrected chi connectivity index (χ1v) is 11.1. The lowest BCUT2D eigenvalue weighted by atomic mass is 10.3. The lowest BCUT2D eigenvalue weighted by molar-refractivity contribution is 0.0547. The summed E-state index contributed by atoms with van der Waals surface area (Å²) in [7, 11) is 0. The minimum atomic E-state index is 0.495. The Labute approximate surface area is 175 Å².